The Kier molecular flexibility index (Phi) is 11.9. The van der Waals surface area contributed by atoms with Crippen LogP contribution in [0.3, 0.4) is 0 Å². The standard InChI is InChI=1S/Bi.Mo.3O.V.3H. The Morgan fingerprint density at radius 1 is 1.50 bits per heavy atom. The quantitative estimate of drug-likeness (QED) is 0.498. The minimum atomic E-state index is -3.20. The Balaban J connectivity index is 0. The number of hydrogen-bond donors (Lipinski definition) is 0. The number of hydrogen-bond acceptors (Lipinski definition) is 3. The first-order valence-corrected chi connectivity index (χ1v) is 3.24. The van der Waals surface area contributed by atoms with E-state index in [1.165, 1.54) is 0 Å². The van der Waals surface area contributed by atoms with Gasteiger partial charge in [0.15, 0.2) is 0 Å². The van der Waals surface area contributed by atoms with Crippen LogP contribution >= 0.6 is 0 Å². The zero-order valence-corrected chi connectivity index (χ0v) is 11.7. The Morgan fingerprint density at radius 3 is 1.67 bits per heavy atom. The summed E-state index contributed by atoms with van der Waals surface area (Å²) in [4.78, 5) is 0. The fourth-order valence-electron chi connectivity index (χ4n) is 0. The minimum absolute atomic E-state index is 0. The summed E-state index contributed by atoms with van der Waals surface area (Å²) in [5.41, 5.74) is 0. The van der Waals surface area contributed by atoms with Crippen LogP contribution in [0.15, 0.2) is 0 Å². The van der Waals surface area contributed by atoms with Gasteiger partial charge in [-0.25, -0.2) is 0 Å². The van der Waals surface area contributed by atoms with Gasteiger partial charge in [-0.3, -0.25) is 0 Å². The molecular weight excluding hydrogens is 404 g/mol. The van der Waals surface area contributed by atoms with Crippen molar-refractivity contribution in [3.8, 4) is 0 Å². The van der Waals surface area contributed by atoms with Gasteiger partial charge in [0.25, 0.3) is 0 Å². The van der Waals surface area contributed by atoms with E-state index in [4.69, 9.17) is 0 Å². The molecule has 0 aliphatic carbocycles. The zero-order valence-electron chi connectivity index (χ0n) is 2.79. The first kappa shape index (κ1) is 10.7. The van der Waals surface area contributed by atoms with Crippen molar-refractivity contribution in [2.45, 2.75) is 0 Å². The predicted molar refractivity (Wildman–Crippen MR) is 12.4 cm³/mol. The van der Waals surface area contributed by atoms with Gasteiger partial charge in [0.05, 0.1) is 0 Å². The van der Waals surface area contributed by atoms with E-state index in [1.54, 1.807) is 0 Å². The van der Waals surface area contributed by atoms with Gasteiger partial charge in [0, 0.05) is 0 Å². The molecule has 0 bridgehead atoms. The van der Waals surface area contributed by atoms with Gasteiger partial charge in [-0.1, -0.05) is 0 Å². The number of rotatable bonds is 1. The Labute approximate surface area is 70.7 Å². The van der Waals surface area contributed by atoms with Crippen molar-refractivity contribution in [3.63, 3.8) is 0 Å². The van der Waals surface area contributed by atoms with Gasteiger partial charge < -0.3 is 0 Å². The Bertz CT molecular complexity index is 68.9. The Morgan fingerprint density at radius 2 is 1.67 bits per heavy atom. The van der Waals surface area contributed by atoms with E-state index in [9.17, 15) is 7.35 Å². The third kappa shape index (κ3) is 9.21. The van der Waals surface area contributed by atoms with Gasteiger partial charge in [-0.15, -0.1) is 0 Å². The molecule has 0 heterocycles. The molecule has 3 nitrogen and oxygen atoms in total. The maximum atomic E-state index is 9.27. The van der Waals surface area contributed by atoms with Gasteiger partial charge in [0.1, 0.15) is 0 Å². The van der Waals surface area contributed by atoms with Crippen molar-refractivity contribution in [1.29, 1.82) is 0 Å². The SMILES string of the molecule is [BiH3].[O]=[V](=[O])[O][Mo]. The summed E-state index contributed by atoms with van der Waals surface area (Å²) in [7, 11) is 0. The summed E-state index contributed by atoms with van der Waals surface area (Å²) in [6.07, 6.45) is 0. The third-order valence-electron chi connectivity index (χ3n) is 0.0609. The van der Waals surface area contributed by atoms with E-state index in [1.807, 2.05) is 0 Å². The molecule has 0 spiro atoms. The van der Waals surface area contributed by atoms with Crippen molar-refractivity contribution in [2.75, 3.05) is 0 Å². The van der Waals surface area contributed by atoms with Crippen LogP contribution in [0.1, 0.15) is 0 Å². The van der Waals surface area contributed by atoms with Crippen LogP contribution in [0.2, 0.25) is 0 Å². The van der Waals surface area contributed by atoms with E-state index >= 15 is 0 Å². The fourth-order valence-corrected chi connectivity index (χ4v) is 0. The molecule has 0 rings (SSSR count). The van der Waals surface area contributed by atoms with Gasteiger partial charge in [-0.2, -0.15) is 0 Å². The topological polar surface area (TPSA) is 43.4 Å². The molecule has 0 aromatic rings. The first-order chi connectivity index (χ1) is 2.27. The van der Waals surface area contributed by atoms with E-state index in [2.05, 4.69) is 2.32 Å². The molecule has 0 amide bonds. The zero-order chi connectivity index (χ0) is 4.28. The molecule has 0 aliphatic heterocycles. The molecule has 0 aromatic carbocycles. The van der Waals surface area contributed by atoms with Crippen molar-refractivity contribution in [1.82, 2.24) is 0 Å². The van der Waals surface area contributed by atoms with E-state index < -0.39 is 15.4 Å². The normalized spacial score (nSPS) is 6.00. The molecule has 6 heavy (non-hydrogen) atoms. The van der Waals surface area contributed by atoms with E-state index in [0.29, 0.717) is 0 Å². The van der Waals surface area contributed by atoms with Crippen LogP contribution in [0.4, 0.5) is 0 Å². The summed E-state index contributed by atoms with van der Waals surface area (Å²) >= 11 is -2.12. The van der Waals surface area contributed by atoms with Gasteiger partial charge in [-0.05, 0) is 0 Å². The van der Waals surface area contributed by atoms with E-state index in [0.717, 1.165) is 20.2 Å². The third-order valence-corrected chi connectivity index (χ3v) is 1.48. The predicted octanol–water partition coefficient (Wildman–Crippen LogP) is -1.49. The molecule has 37 valence electrons. The first-order valence-electron chi connectivity index (χ1n) is 0.714. The molecule has 0 aliphatic rings. The second kappa shape index (κ2) is 6.72. The molecule has 0 fully saturated rings. The van der Waals surface area contributed by atoms with Crippen molar-refractivity contribution in [3.05, 3.63) is 0 Å². The van der Waals surface area contributed by atoms with Crippen molar-refractivity contribution in [2.24, 2.45) is 0 Å². The van der Waals surface area contributed by atoms with Crippen LogP contribution < -0.4 is 0 Å². The summed E-state index contributed by atoms with van der Waals surface area (Å²) in [6, 6.07) is 0. The Hall–Kier alpha value is 1.72. The van der Waals surface area contributed by atoms with Crippen LogP contribution in [0.5, 0.6) is 0 Å². The molecule has 0 atom stereocenters. The summed E-state index contributed by atoms with van der Waals surface area (Å²) in [5.74, 6) is 0. The molecule has 0 saturated heterocycles. The fraction of sp³-hybridized carbons (Fsp3) is 0. The van der Waals surface area contributed by atoms with Crippen LogP contribution in [0, 0.1) is 0 Å². The summed E-state index contributed by atoms with van der Waals surface area (Å²) < 4.78 is 22.3. The van der Waals surface area contributed by atoms with Crippen molar-refractivity contribution < 1.29 is 45.3 Å². The van der Waals surface area contributed by atoms with Gasteiger partial charge in [0.2, 0.25) is 0 Å². The average molecular weight is 407 g/mol. The maximum absolute atomic E-state index is 9.27. The second-order valence-electron chi connectivity index (χ2n) is 0.298. The second-order valence-corrected chi connectivity index (χ2v) is 2.74. The van der Waals surface area contributed by atoms with Gasteiger partial charge >= 0.3 is 71.5 Å². The molecular formula is H3BiMoO3V. The molecule has 0 N–H and O–H groups in total. The summed E-state index contributed by atoms with van der Waals surface area (Å²) in [6.45, 7) is 0. The molecule has 0 unspecified atom stereocenters. The monoisotopic (exact) mass is 409 g/mol. The van der Waals surface area contributed by atoms with Crippen molar-refractivity contribution >= 4 is 26.2 Å². The molecule has 6 heteroatoms. The van der Waals surface area contributed by atoms with Crippen LogP contribution in [-0.2, 0) is 45.3 Å². The van der Waals surface area contributed by atoms with E-state index in [-0.39, 0.29) is 26.2 Å². The average Bonchev–Trinajstić information content (AvgIpc) is 1.38. The van der Waals surface area contributed by atoms with Crippen LogP contribution in [0.25, 0.3) is 0 Å². The molecule has 0 radical (unpaired) electrons. The van der Waals surface area contributed by atoms with Crippen LogP contribution in [-0.4, -0.2) is 26.2 Å². The molecule has 0 saturated carbocycles. The molecule has 0 aromatic heterocycles. The summed E-state index contributed by atoms with van der Waals surface area (Å²) in [5, 5.41) is 0.